The first-order chi connectivity index (χ1) is 7.33. The number of hydrogen-bond acceptors (Lipinski definition) is 1. The molecule has 3 rings (SSSR count). The summed E-state index contributed by atoms with van der Waals surface area (Å²) >= 11 is 0. The van der Waals surface area contributed by atoms with E-state index in [0.29, 0.717) is 0 Å². The van der Waals surface area contributed by atoms with Gasteiger partial charge < -0.3 is 4.42 Å². The van der Waals surface area contributed by atoms with E-state index in [1.807, 2.05) is 12.1 Å². The molecule has 0 amide bonds. The fraction of sp³-hybridized carbons (Fsp3) is 0.286. The van der Waals surface area contributed by atoms with Crippen LogP contribution in [-0.2, 0) is 12.8 Å². The molecule has 1 nitrogen and oxygen atoms in total. The Morgan fingerprint density at radius 1 is 1.13 bits per heavy atom. The highest BCUT2D eigenvalue weighted by atomic mass is 16.3. The number of furan rings is 1. The average Bonchev–Trinajstić information content (AvgIpc) is 2.82. The van der Waals surface area contributed by atoms with Crippen molar-refractivity contribution in [3.05, 3.63) is 47.7 Å². The Hall–Kier alpha value is -1.50. The second kappa shape index (κ2) is 3.27. The first-order valence-electron chi connectivity index (χ1n) is 5.48. The maximum absolute atomic E-state index is 5.41. The SMILES string of the molecule is C[C@H]1Cc2ccc(-c3ccco3)cc2C1. The standard InChI is InChI=1S/C14H14O/c1-10-7-11-4-5-12(9-13(11)8-10)14-3-2-6-15-14/h2-6,9-10H,7-8H2,1H3/t10-/m0/s1. The maximum Gasteiger partial charge on any atom is 0.133 e. The van der Waals surface area contributed by atoms with Crippen molar-refractivity contribution in [2.75, 3.05) is 0 Å². The molecule has 1 heteroatoms. The molecule has 76 valence electrons. The molecular formula is C14H14O. The summed E-state index contributed by atoms with van der Waals surface area (Å²) in [6.07, 6.45) is 4.17. The van der Waals surface area contributed by atoms with Crippen LogP contribution in [0.1, 0.15) is 18.1 Å². The molecule has 0 fully saturated rings. The van der Waals surface area contributed by atoms with E-state index in [1.54, 1.807) is 6.26 Å². The van der Waals surface area contributed by atoms with Crippen LogP contribution in [0.3, 0.4) is 0 Å². The molecule has 1 aliphatic rings. The topological polar surface area (TPSA) is 13.1 Å². The minimum Gasteiger partial charge on any atom is -0.464 e. The van der Waals surface area contributed by atoms with Crippen molar-refractivity contribution in [3.8, 4) is 11.3 Å². The van der Waals surface area contributed by atoms with Gasteiger partial charge >= 0.3 is 0 Å². The molecule has 2 aromatic rings. The Bertz CT molecular complexity index is 468. The second-order valence-electron chi connectivity index (χ2n) is 4.47. The van der Waals surface area contributed by atoms with Crippen LogP contribution in [0, 0.1) is 5.92 Å². The van der Waals surface area contributed by atoms with Gasteiger partial charge in [0, 0.05) is 5.56 Å². The normalized spacial score (nSPS) is 19.1. The van der Waals surface area contributed by atoms with Gasteiger partial charge in [-0.05, 0) is 48.1 Å². The zero-order chi connectivity index (χ0) is 10.3. The third-order valence-electron chi connectivity index (χ3n) is 3.15. The summed E-state index contributed by atoms with van der Waals surface area (Å²) in [5, 5.41) is 0. The van der Waals surface area contributed by atoms with Crippen molar-refractivity contribution in [3.63, 3.8) is 0 Å². The molecule has 0 N–H and O–H groups in total. The van der Waals surface area contributed by atoms with E-state index in [9.17, 15) is 0 Å². The molecule has 0 unspecified atom stereocenters. The Balaban J connectivity index is 2.04. The van der Waals surface area contributed by atoms with Gasteiger partial charge in [0.05, 0.1) is 6.26 Å². The van der Waals surface area contributed by atoms with Gasteiger partial charge in [0.15, 0.2) is 0 Å². The molecule has 0 bridgehead atoms. The molecule has 15 heavy (non-hydrogen) atoms. The number of fused-ring (bicyclic) bond motifs is 1. The van der Waals surface area contributed by atoms with Crippen LogP contribution in [0.2, 0.25) is 0 Å². The second-order valence-corrected chi connectivity index (χ2v) is 4.47. The van der Waals surface area contributed by atoms with E-state index in [4.69, 9.17) is 4.42 Å². The van der Waals surface area contributed by atoms with E-state index in [-0.39, 0.29) is 0 Å². The average molecular weight is 198 g/mol. The molecule has 1 aliphatic carbocycles. The molecule has 1 aromatic carbocycles. The van der Waals surface area contributed by atoms with Gasteiger partial charge in [0.25, 0.3) is 0 Å². The summed E-state index contributed by atoms with van der Waals surface area (Å²) < 4.78 is 5.41. The highest BCUT2D eigenvalue weighted by Gasteiger charge is 2.18. The minimum atomic E-state index is 0.798. The van der Waals surface area contributed by atoms with Gasteiger partial charge in [-0.1, -0.05) is 19.1 Å². The molecular weight excluding hydrogens is 184 g/mol. The third kappa shape index (κ3) is 1.48. The fourth-order valence-corrected chi connectivity index (χ4v) is 2.43. The summed E-state index contributed by atoms with van der Waals surface area (Å²) in [7, 11) is 0. The number of benzene rings is 1. The lowest BCUT2D eigenvalue weighted by Crippen LogP contribution is -1.89. The zero-order valence-electron chi connectivity index (χ0n) is 8.86. The van der Waals surface area contributed by atoms with E-state index < -0.39 is 0 Å². The molecule has 0 spiro atoms. The van der Waals surface area contributed by atoms with Crippen molar-refractivity contribution < 1.29 is 4.42 Å². The van der Waals surface area contributed by atoms with E-state index in [1.165, 1.54) is 29.5 Å². The van der Waals surface area contributed by atoms with E-state index in [0.717, 1.165) is 11.7 Å². The predicted octanol–water partition coefficient (Wildman–Crippen LogP) is 3.68. The van der Waals surface area contributed by atoms with Crippen LogP contribution >= 0.6 is 0 Å². The predicted molar refractivity (Wildman–Crippen MR) is 60.7 cm³/mol. The Labute approximate surface area is 89.7 Å². The van der Waals surface area contributed by atoms with Gasteiger partial charge in [-0.25, -0.2) is 0 Å². The highest BCUT2D eigenvalue weighted by molar-refractivity contribution is 5.60. The molecule has 0 aliphatic heterocycles. The van der Waals surface area contributed by atoms with Crippen LogP contribution in [0.25, 0.3) is 11.3 Å². The van der Waals surface area contributed by atoms with Crippen LogP contribution < -0.4 is 0 Å². The Kier molecular flexibility index (Phi) is 1.91. The van der Waals surface area contributed by atoms with Crippen molar-refractivity contribution in [2.24, 2.45) is 5.92 Å². The van der Waals surface area contributed by atoms with E-state index in [2.05, 4.69) is 25.1 Å². The molecule has 1 atom stereocenters. The molecule has 1 aromatic heterocycles. The smallest absolute Gasteiger partial charge is 0.133 e. The van der Waals surface area contributed by atoms with Crippen molar-refractivity contribution in [1.29, 1.82) is 0 Å². The van der Waals surface area contributed by atoms with Crippen LogP contribution in [0.4, 0.5) is 0 Å². The summed E-state index contributed by atoms with van der Waals surface area (Å²) in [6, 6.07) is 10.6. The lowest BCUT2D eigenvalue weighted by molar-refractivity contribution is 0.582. The zero-order valence-corrected chi connectivity index (χ0v) is 8.86. The minimum absolute atomic E-state index is 0.798. The molecule has 1 heterocycles. The van der Waals surface area contributed by atoms with Crippen molar-refractivity contribution >= 4 is 0 Å². The summed E-state index contributed by atoms with van der Waals surface area (Å²) in [4.78, 5) is 0. The molecule has 0 radical (unpaired) electrons. The number of hydrogen-bond donors (Lipinski definition) is 0. The first-order valence-corrected chi connectivity index (χ1v) is 5.48. The highest BCUT2D eigenvalue weighted by Crippen LogP contribution is 2.30. The Morgan fingerprint density at radius 2 is 2.00 bits per heavy atom. The van der Waals surface area contributed by atoms with Gasteiger partial charge in [-0.15, -0.1) is 0 Å². The third-order valence-corrected chi connectivity index (χ3v) is 3.15. The van der Waals surface area contributed by atoms with Crippen LogP contribution in [-0.4, -0.2) is 0 Å². The fourth-order valence-electron chi connectivity index (χ4n) is 2.43. The molecule has 0 saturated heterocycles. The van der Waals surface area contributed by atoms with E-state index >= 15 is 0 Å². The van der Waals surface area contributed by atoms with Crippen molar-refractivity contribution in [2.45, 2.75) is 19.8 Å². The lowest BCUT2D eigenvalue weighted by atomic mass is 10.1. The van der Waals surface area contributed by atoms with Gasteiger partial charge in [0.2, 0.25) is 0 Å². The molecule has 0 saturated carbocycles. The summed E-state index contributed by atoms with van der Waals surface area (Å²) in [5.74, 6) is 1.77. The van der Waals surface area contributed by atoms with Gasteiger partial charge in [0.1, 0.15) is 5.76 Å². The van der Waals surface area contributed by atoms with Gasteiger partial charge in [-0.3, -0.25) is 0 Å². The number of rotatable bonds is 1. The lowest BCUT2D eigenvalue weighted by Gasteiger charge is -2.01. The first kappa shape index (κ1) is 8.78. The van der Waals surface area contributed by atoms with Crippen LogP contribution in [0.5, 0.6) is 0 Å². The van der Waals surface area contributed by atoms with Crippen LogP contribution in [0.15, 0.2) is 41.0 Å². The Morgan fingerprint density at radius 3 is 2.80 bits per heavy atom. The maximum atomic E-state index is 5.41. The van der Waals surface area contributed by atoms with Crippen molar-refractivity contribution in [1.82, 2.24) is 0 Å². The largest absolute Gasteiger partial charge is 0.464 e. The van der Waals surface area contributed by atoms with Gasteiger partial charge in [-0.2, -0.15) is 0 Å². The quantitative estimate of drug-likeness (QED) is 0.681. The monoisotopic (exact) mass is 198 g/mol. The summed E-state index contributed by atoms with van der Waals surface area (Å²) in [6.45, 7) is 2.31. The summed E-state index contributed by atoms with van der Waals surface area (Å²) in [5.41, 5.74) is 4.21.